The van der Waals surface area contributed by atoms with E-state index in [0.29, 0.717) is 13.1 Å². The summed E-state index contributed by atoms with van der Waals surface area (Å²) in [4.78, 5) is 23.4. The van der Waals surface area contributed by atoms with Gasteiger partial charge in [-0.1, -0.05) is 19.8 Å². The number of rotatable bonds is 9. The molecule has 0 aliphatic carbocycles. The second-order valence-electron chi connectivity index (χ2n) is 4.67. The minimum absolute atomic E-state index is 0.188. The number of unbranched alkanes of at least 4 members (excludes halogenated alkanes) is 3. The van der Waals surface area contributed by atoms with Gasteiger partial charge in [-0.3, -0.25) is 9.59 Å². The summed E-state index contributed by atoms with van der Waals surface area (Å²) >= 11 is 0. The summed E-state index contributed by atoms with van der Waals surface area (Å²) in [6, 6.07) is 2.83. The normalized spacial score (nSPS) is 10.5. The largest absolute Gasteiger partial charge is 0.396 e. The lowest BCUT2D eigenvalue weighted by atomic mass is 10.2. The molecule has 1 aromatic rings. The van der Waals surface area contributed by atoms with Crippen LogP contribution in [0.15, 0.2) is 16.9 Å². The summed E-state index contributed by atoms with van der Waals surface area (Å²) in [6.07, 6.45) is 4.41. The molecule has 0 fully saturated rings. The third kappa shape index (κ3) is 5.52. The molecule has 0 saturated heterocycles. The molecule has 0 bridgehead atoms. The maximum Gasteiger partial charge on any atom is 0.271 e. The van der Waals surface area contributed by atoms with Crippen LogP contribution < -0.4 is 10.9 Å². The fourth-order valence-corrected chi connectivity index (χ4v) is 1.82. The number of nitrogens with one attached hydrogen (secondary N) is 1. The van der Waals surface area contributed by atoms with E-state index in [4.69, 9.17) is 5.11 Å². The van der Waals surface area contributed by atoms with Crippen LogP contribution >= 0.6 is 0 Å². The topological polar surface area (TPSA) is 84.2 Å². The monoisotopic (exact) mass is 281 g/mol. The van der Waals surface area contributed by atoms with E-state index in [1.165, 1.54) is 16.8 Å². The van der Waals surface area contributed by atoms with Gasteiger partial charge < -0.3 is 10.4 Å². The van der Waals surface area contributed by atoms with Gasteiger partial charge >= 0.3 is 0 Å². The van der Waals surface area contributed by atoms with E-state index in [-0.39, 0.29) is 23.8 Å². The van der Waals surface area contributed by atoms with Gasteiger partial charge in [0.25, 0.3) is 11.5 Å². The van der Waals surface area contributed by atoms with Crippen LogP contribution in [0.3, 0.4) is 0 Å². The number of carbonyl (C=O) groups is 1. The quantitative estimate of drug-likeness (QED) is 0.660. The molecule has 0 saturated carbocycles. The highest BCUT2D eigenvalue weighted by Crippen LogP contribution is 1.98. The molecule has 0 aromatic carbocycles. The predicted octanol–water partition coefficient (Wildman–Crippen LogP) is 0.936. The molecule has 0 radical (unpaired) electrons. The van der Waals surface area contributed by atoms with Crippen LogP contribution in [0.25, 0.3) is 0 Å². The van der Waals surface area contributed by atoms with Crippen molar-refractivity contribution < 1.29 is 9.90 Å². The van der Waals surface area contributed by atoms with E-state index in [9.17, 15) is 9.59 Å². The molecule has 0 atom stereocenters. The maximum atomic E-state index is 11.9. The number of aromatic nitrogens is 2. The SMILES string of the molecule is CCCn1nc(C(=O)NCCCCCCO)ccc1=O. The van der Waals surface area contributed by atoms with E-state index in [1.807, 2.05) is 6.92 Å². The highest BCUT2D eigenvalue weighted by Gasteiger charge is 2.08. The van der Waals surface area contributed by atoms with Crippen LogP contribution in [0.5, 0.6) is 0 Å². The Morgan fingerprint density at radius 3 is 2.75 bits per heavy atom. The van der Waals surface area contributed by atoms with E-state index < -0.39 is 0 Å². The Bertz CT molecular complexity index is 471. The smallest absolute Gasteiger partial charge is 0.271 e. The Morgan fingerprint density at radius 1 is 1.30 bits per heavy atom. The van der Waals surface area contributed by atoms with Gasteiger partial charge in [-0.25, -0.2) is 4.68 Å². The van der Waals surface area contributed by atoms with Crippen molar-refractivity contribution in [2.75, 3.05) is 13.2 Å². The second-order valence-corrected chi connectivity index (χ2v) is 4.67. The van der Waals surface area contributed by atoms with Crippen LogP contribution in [-0.4, -0.2) is 33.9 Å². The van der Waals surface area contributed by atoms with Gasteiger partial charge in [-0.15, -0.1) is 0 Å². The Balaban J connectivity index is 2.43. The zero-order valence-electron chi connectivity index (χ0n) is 12.0. The van der Waals surface area contributed by atoms with Crippen LogP contribution in [-0.2, 0) is 6.54 Å². The van der Waals surface area contributed by atoms with Crippen LogP contribution in [0.2, 0.25) is 0 Å². The number of aryl methyl sites for hydroxylation is 1. The minimum atomic E-state index is -0.253. The van der Waals surface area contributed by atoms with Gasteiger partial charge in [0.1, 0.15) is 5.69 Å². The summed E-state index contributed by atoms with van der Waals surface area (Å²) < 4.78 is 1.32. The number of aliphatic hydroxyl groups excluding tert-OH is 1. The molecule has 0 aliphatic heterocycles. The van der Waals surface area contributed by atoms with Gasteiger partial charge in [0, 0.05) is 25.8 Å². The summed E-state index contributed by atoms with van der Waals surface area (Å²) in [5, 5.41) is 15.5. The van der Waals surface area contributed by atoms with E-state index in [0.717, 1.165) is 32.1 Å². The second kappa shape index (κ2) is 9.25. The van der Waals surface area contributed by atoms with Crippen molar-refractivity contribution in [3.8, 4) is 0 Å². The lowest BCUT2D eigenvalue weighted by Crippen LogP contribution is -2.30. The third-order valence-corrected chi connectivity index (χ3v) is 2.91. The molecule has 0 unspecified atom stereocenters. The van der Waals surface area contributed by atoms with Gasteiger partial charge in [-0.2, -0.15) is 5.10 Å². The lowest BCUT2D eigenvalue weighted by Gasteiger charge is -2.07. The molecule has 6 nitrogen and oxygen atoms in total. The predicted molar refractivity (Wildman–Crippen MR) is 76.7 cm³/mol. The summed E-state index contributed by atoms with van der Waals surface area (Å²) in [7, 11) is 0. The zero-order chi connectivity index (χ0) is 14.8. The molecule has 20 heavy (non-hydrogen) atoms. The molecule has 112 valence electrons. The average molecular weight is 281 g/mol. The van der Waals surface area contributed by atoms with Gasteiger partial charge in [0.15, 0.2) is 0 Å². The first-order valence-electron chi connectivity index (χ1n) is 7.16. The van der Waals surface area contributed by atoms with Crippen molar-refractivity contribution in [1.82, 2.24) is 15.1 Å². The number of aliphatic hydroxyl groups is 1. The molecule has 1 amide bonds. The van der Waals surface area contributed by atoms with Gasteiger partial charge in [0.2, 0.25) is 0 Å². The lowest BCUT2D eigenvalue weighted by molar-refractivity contribution is 0.0945. The summed E-state index contributed by atoms with van der Waals surface area (Å²) in [5.41, 5.74) is 0.0841. The fraction of sp³-hybridized carbons (Fsp3) is 0.643. The molecule has 2 N–H and O–H groups in total. The highest BCUT2D eigenvalue weighted by atomic mass is 16.3. The fourth-order valence-electron chi connectivity index (χ4n) is 1.82. The molecule has 6 heteroatoms. The maximum absolute atomic E-state index is 11.9. The van der Waals surface area contributed by atoms with Crippen LogP contribution in [0.4, 0.5) is 0 Å². The van der Waals surface area contributed by atoms with E-state index in [2.05, 4.69) is 10.4 Å². The first-order chi connectivity index (χ1) is 9.69. The third-order valence-electron chi connectivity index (χ3n) is 2.91. The van der Waals surface area contributed by atoms with Gasteiger partial charge in [0.05, 0.1) is 0 Å². The van der Waals surface area contributed by atoms with E-state index >= 15 is 0 Å². The first kappa shape index (κ1) is 16.4. The Kier molecular flexibility index (Phi) is 7.57. The summed E-state index contributed by atoms with van der Waals surface area (Å²) in [5.74, 6) is -0.253. The molecule has 1 heterocycles. The van der Waals surface area contributed by atoms with E-state index in [1.54, 1.807) is 0 Å². The molecular formula is C14H23N3O3. The van der Waals surface area contributed by atoms with Crippen LogP contribution in [0, 0.1) is 0 Å². The molecular weight excluding hydrogens is 258 g/mol. The first-order valence-corrected chi connectivity index (χ1v) is 7.16. The van der Waals surface area contributed by atoms with Crippen molar-refractivity contribution in [2.45, 2.75) is 45.6 Å². The minimum Gasteiger partial charge on any atom is -0.396 e. The number of amides is 1. The van der Waals surface area contributed by atoms with Crippen molar-refractivity contribution in [3.05, 3.63) is 28.2 Å². The zero-order valence-corrected chi connectivity index (χ0v) is 12.0. The number of carbonyl (C=O) groups excluding carboxylic acids is 1. The highest BCUT2D eigenvalue weighted by molar-refractivity contribution is 5.91. The van der Waals surface area contributed by atoms with Gasteiger partial charge in [-0.05, 0) is 25.3 Å². The van der Waals surface area contributed by atoms with Crippen LogP contribution in [0.1, 0.15) is 49.5 Å². The molecule has 0 spiro atoms. The number of hydrogen-bond donors (Lipinski definition) is 2. The molecule has 1 rings (SSSR count). The van der Waals surface area contributed by atoms with Crippen molar-refractivity contribution in [1.29, 1.82) is 0 Å². The standard InChI is InChI=1S/C14H23N3O3/c1-2-10-17-13(19)8-7-12(16-17)14(20)15-9-5-3-4-6-11-18/h7-8,18H,2-6,9-11H2,1H3,(H,15,20). The average Bonchev–Trinajstić information content (AvgIpc) is 2.45. The molecule has 1 aromatic heterocycles. The number of hydrogen-bond acceptors (Lipinski definition) is 4. The Labute approximate surface area is 118 Å². The van der Waals surface area contributed by atoms with Crippen molar-refractivity contribution in [2.24, 2.45) is 0 Å². The van der Waals surface area contributed by atoms with Crippen molar-refractivity contribution >= 4 is 5.91 Å². The Morgan fingerprint density at radius 2 is 2.05 bits per heavy atom. The molecule has 0 aliphatic rings. The Hall–Kier alpha value is -1.69. The number of nitrogens with zero attached hydrogens (tertiary/aromatic N) is 2. The van der Waals surface area contributed by atoms with Crippen molar-refractivity contribution in [3.63, 3.8) is 0 Å². The summed E-state index contributed by atoms with van der Waals surface area (Å²) in [6.45, 7) is 3.27.